The predicted octanol–water partition coefficient (Wildman–Crippen LogP) is 2.40. The molecule has 3 fully saturated rings. The van der Waals surface area contributed by atoms with E-state index >= 15 is 0 Å². The zero-order valence-corrected chi connectivity index (χ0v) is 23.6. The molecule has 1 saturated heterocycles. The number of thiophene rings is 1. The summed E-state index contributed by atoms with van der Waals surface area (Å²) in [7, 11) is -7.89. The number of halogens is 1. The Labute approximate surface area is 229 Å². The van der Waals surface area contributed by atoms with E-state index in [1.54, 1.807) is 24.0 Å². The Hall–Kier alpha value is -2.68. The topological polar surface area (TPSA) is 142 Å². The first kappa shape index (κ1) is 26.5. The van der Waals surface area contributed by atoms with Crippen LogP contribution in [0.1, 0.15) is 36.0 Å². The van der Waals surface area contributed by atoms with Crippen LogP contribution in [0.3, 0.4) is 0 Å². The van der Waals surface area contributed by atoms with Gasteiger partial charge in [0.15, 0.2) is 11.7 Å². The SMILES string of the molecule is Cc1cc(CN2C(=O)C(C3=NS(=O)(=O)c4c(CNS(C)(=O)=O)csc4N3)C(=O)C3C4CCC(C4)C32)ccc1F. The molecule has 1 aromatic carbocycles. The molecule has 1 amide bonds. The highest BCUT2D eigenvalue weighted by Crippen LogP contribution is 2.54. The highest BCUT2D eigenvalue weighted by molar-refractivity contribution is 7.91. The highest BCUT2D eigenvalue weighted by Gasteiger charge is 2.60. The lowest BCUT2D eigenvalue weighted by Gasteiger charge is -2.45. The van der Waals surface area contributed by atoms with Gasteiger partial charge in [0.25, 0.3) is 10.0 Å². The van der Waals surface area contributed by atoms with Crippen molar-refractivity contribution < 1.29 is 30.8 Å². The number of hydrogen-bond acceptors (Lipinski definition) is 8. The highest BCUT2D eigenvalue weighted by atomic mass is 32.2. The molecule has 2 bridgehead atoms. The van der Waals surface area contributed by atoms with Crippen molar-refractivity contribution in [2.24, 2.45) is 28.1 Å². The number of nitrogens with one attached hydrogen (secondary N) is 2. The summed E-state index contributed by atoms with van der Waals surface area (Å²) < 4.78 is 69.7. The molecule has 5 unspecified atom stereocenters. The van der Waals surface area contributed by atoms with E-state index in [2.05, 4.69) is 14.4 Å². The predicted molar refractivity (Wildman–Crippen MR) is 143 cm³/mol. The van der Waals surface area contributed by atoms with Crippen molar-refractivity contribution in [3.8, 4) is 0 Å². The van der Waals surface area contributed by atoms with Crippen LogP contribution in [0.5, 0.6) is 0 Å². The summed E-state index contributed by atoms with van der Waals surface area (Å²) in [6.45, 7) is 1.59. The smallest absolute Gasteiger partial charge is 0.287 e. The van der Waals surface area contributed by atoms with Crippen molar-refractivity contribution in [3.05, 3.63) is 46.1 Å². The maximum absolute atomic E-state index is 14.0. The minimum atomic E-state index is -4.33. The molecule has 208 valence electrons. The number of sulfonamides is 2. The third-order valence-electron chi connectivity index (χ3n) is 8.28. The Bertz CT molecular complexity index is 1650. The Balaban J connectivity index is 1.36. The molecule has 0 spiro atoms. The first-order valence-corrected chi connectivity index (χ1v) is 16.8. The van der Waals surface area contributed by atoms with Gasteiger partial charge in [0, 0.05) is 30.6 Å². The lowest BCUT2D eigenvalue weighted by atomic mass is 9.73. The van der Waals surface area contributed by atoms with Crippen LogP contribution in [0.4, 0.5) is 9.39 Å². The van der Waals surface area contributed by atoms with Crippen molar-refractivity contribution in [3.63, 3.8) is 0 Å². The molecule has 39 heavy (non-hydrogen) atoms. The van der Waals surface area contributed by atoms with Gasteiger partial charge in [-0.25, -0.2) is 17.5 Å². The molecule has 3 heterocycles. The number of hydrogen-bond donors (Lipinski definition) is 2. The molecule has 5 atom stereocenters. The van der Waals surface area contributed by atoms with E-state index in [0.717, 1.165) is 42.4 Å². The lowest BCUT2D eigenvalue weighted by molar-refractivity contribution is -0.153. The van der Waals surface area contributed by atoms with E-state index in [-0.39, 0.29) is 63.9 Å². The number of amidine groups is 1. The average Bonchev–Trinajstić information content (AvgIpc) is 3.57. The molecule has 2 aliphatic heterocycles. The summed E-state index contributed by atoms with van der Waals surface area (Å²) in [5.74, 6) is -2.93. The summed E-state index contributed by atoms with van der Waals surface area (Å²) in [6.07, 6.45) is 3.61. The number of benzene rings is 1. The van der Waals surface area contributed by atoms with Crippen LogP contribution < -0.4 is 10.0 Å². The molecular formula is C25H27FN4O6S3. The van der Waals surface area contributed by atoms with E-state index in [1.807, 2.05) is 0 Å². The van der Waals surface area contributed by atoms with Gasteiger partial charge < -0.3 is 10.2 Å². The Morgan fingerprint density at radius 1 is 1.23 bits per heavy atom. The number of nitrogens with zero attached hydrogens (tertiary/aromatic N) is 2. The monoisotopic (exact) mass is 594 g/mol. The summed E-state index contributed by atoms with van der Waals surface area (Å²) in [5.41, 5.74) is 1.40. The molecule has 2 aliphatic carbocycles. The van der Waals surface area contributed by atoms with Gasteiger partial charge in [-0.1, -0.05) is 12.1 Å². The number of anilines is 1. The van der Waals surface area contributed by atoms with Crippen molar-refractivity contribution in [1.82, 2.24) is 9.62 Å². The fourth-order valence-electron chi connectivity index (χ4n) is 6.70. The fraction of sp³-hybridized carbons (Fsp3) is 0.480. The second-order valence-electron chi connectivity index (χ2n) is 10.8. The van der Waals surface area contributed by atoms with Crippen LogP contribution >= 0.6 is 11.3 Å². The molecule has 4 aliphatic rings. The number of ketones is 1. The van der Waals surface area contributed by atoms with Gasteiger partial charge in [-0.2, -0.15) is 8.42 Å². The number of Topliss-reactive ketones (excluding diaryl/α,β-unsaturated/α-hetero) is 1. The normalized spacial score (nSPS) is 29.2. The number of fused-ring (bicyclic) bond motifs is 6. The van der Waals surface area contributed by atoms with Gasteiger partial charge >= 0.3 is 0 Å². The number of rotatable bonds is 6. The first-order valence-electron chi connectivity index (χ1n) is 12.6. The second-order valence-corrected chi connectivity index (χ2v) is 15.1. The average molecular weight is 595 g/mol. The number of amides is 1. The van der Waals surface area contributed by atoms with Crippen LogP contribution in [0.25, 0.3) is 0 Å². The largest absolute Gasteiger partial charge is 0.333 e. The van der Waals surface area contributed by atoms with E-state index < -0.39 is 37.8 Å². The standard InChI is InChI=1S/C25H27FN4O6S3/c1-12-7-13(3-6-17(12)26)10-30-20-15-5-4-14(8-15)18(20)21(31)19(25(30)32)23-28-24-22(39(35,36)29-23)16(11-37-24)9-27-38(2,33)34/h3,6-7,11,14-15,18-20,27H,4-5,8-10H2,1-2H3,(H,28,29). The third-order valence-corrected chi connectivity index (χ3v) is 11.4. The minimum absolute atomic E-state index is 0.118. The molecule has 2 aromatic rings. The number of piperidine rings is 1. The summed E-state index contributed by atoms with van der Waals surface area (Å²) in [4.78, 5) is 29.4. The second kappa shape index (κ2) is 9.18. The van der Waals surface area contributed by atoms with Crippen LogP contribution in [0, 0.1) is 36.4 Å². The molecule has 0 radical (unpaired) electrons. The van der Waals surface area contributed by atoms with Gasteiger partial charge in [-0.15, -0.1) is 15.7 Å². The lowest BCUT2D eigenvalue weighted by Crippen LogP contribution is -2.61. The molecule has 1 aromatic heterocycles. The van der Waals surface area contributed by atoms with Crippen molar-refractivity contribution in [2.45, 2.75) is 50.2 Å². The number of carbonyl (C=O) groups is 2. The number of aryl methyl sites for hydroxylation is 1. The quantitative estimate of drug-likeness (QED) is 0.489. The molecule has 14 heteroatoms. The van der Waals surface area contributed by atoms with E-state index in [0.29, 0.717) is 5.56 Å². The summed E-state index contributed by atoms with van der Waals surface area (Å²) >= 11 is 1.04. The number of carbonyl (C=O) groups excluding carboxylic acids is 2. The Morgan fingerprint density at radius 2 is 1.97 bits per heavy atom. The zero-order chi connectivity index (χ0) is 27.9. The maximum Gasteiger partial charge on any atom is 0.287 e. The summed E-state index contributed by atoms with van der Waals surface area (Å²) in [5, 5.41) is 4.61. The number of likely N-dealkylation sites (tertiary alicyclic amines) is 1. The van der Waals surface area contributed by atoms with Gasteiger partial charge in [-0.3, -0.25) is 9.59 Å². The summed E-state index contributed by atoms with van der Waals surface area (Å²) in [6, 6.07) is 4.38. The van der Waals surface area contributed by atoms with E-state index in [4.69, 9.17) is 0 Å². The Kier molecular flexibility index (Phi) is 6.25. The van der Waals surface area contributed by atoms with Gasteiger partial charge in [0.1, 0.15) is 21.5 Å². The molecule has 6 rings (SSSR count). The van der Waals surface area contributed by atoms with Crippen molar-refractivity contribution >= 4 is 53.9 Å². The van der Waals surface area contributed by atoms with Crippen molar-refractivity contribution in [1.29, 1.82) is 0 Å². The first-order chi connectivity index (χ1) is 18.3. The fourth-order valence-corrected chi connectivity index (χ4v) is 9.76. The third kappa shape index (κ3) is 4.50. The molecule has 10 nitrogen and oxygen atoms in total. The molecule has 2 saturated carbocycles. The van der Waals surface area contributed by atoms with E-state index in [9.17, 15) is 30.8 Å². The minimum Gasteiger partial charge on any atom is -0.333 e. The van der Waals surface area contributed by atoms with E-state index in [1.165, 1.54) is 11.4 Å². The van der Waals surface area contributed by atoms with Crippen LogP contribution in [0.2, 0.25) is 0 Å². The molecule has 2 N–H and O–H groups in total. The maximum atomic E-state index is 14.0. The molecular weight excluding hydrogens is 567 g/mol. The van der Waals surface area contributed by atoms with Gasteiger partial charge in [-0.05, 0) is 60.6 Å². The van der Waals surface area contributed by atoms with Crippen molar-refractivity contribution in [2.75, 3.05) is 11.6 Å². The van der Waals surface area contributed by atoms with Gasteiger partial charge in [0.2, 0.25) is 15.9 Å². The Morgan fingerprint density at radius 3 is 2.69 bits per heavy atom. The van der Waals surface area contributed by atoms with Gasteiger partial charge in [0.05, 0.1) is 6.26 Å². The van der Waals surface area contributed by atoms with Crippen LogP contribution in [-0.4, -0.2) is 51.6 Å². The zero-order valence-electron chi connectivity index (χ0n) is 21.2. The van der Waals surface area contributed by atoms with Crippen LogP contribution in [-0.2, 0) is 42.7 Å². The van der Waals surface area contributed by atoms with Crippen LogP contribution in [0.15, 0.2) is 32.9 Å².